The van der Waals surface area contributed by atoms with Crippen LogP contribution in [-0.2, 0) is 14.8 Å². The lowest BCUT2D eigenvalue weighted by molar-refractivity contribution is -0.144. The molecule has 0 aliphatic carbocycles. The zero-order valence-corrected chi connectivity index (χ0v) is 14.3. The Kier molecular flexibility index (Phi) is 4.75. The first-order chi connectivity index (χ1) is 9.75. The highest BCUT2D eigenvalue weighted by atomic mass is 79.9. The average molecular weight is 376 g/mol. The Morgan fingerprint density at radius 1 is 1.43 bits per heavy atom. The van der Waals surface area contributed by atoms with Crippen LogP contribution in [0.15, 0.2) is 27.6 Å². The number of aliphatic carboxylic acids is 1. The smallest absolute Gasteiger partial charge is 0.308 e. The molecule has 116 valence electrons. The summed E-state index contributed by atoms with van der Waals surface area (Å²) in [6, 6.07) is 4.32. The molecule has 0 unspecified atom stereocenters. The van der Waals surface area contributed by atoms with Gasteiger partial charge in [-0.3, -0.25) is 4.79 Å². The Balaban J connectivity index is 2.38. The van der Waals surface area contributed by atoms with Gasteiger partial charge in [0.15, 0.2) is 0 Å². The van der Waals surface area contributed by atoms with Crippen LogP contribution in [0.1, 0.15) is 25.3 Å². The van der Waals surface area contributed by atoms with Crippen molar-refractivity contribution >= 4 is 31.9 Å². The van der Waals surface area contributed by atoms with Gasteiger partial charge in [-0.15, -0.1) is 0 Å². The van der Waals surface area contributed by atoms with Gasteiger partial charge in [0.25, 0.3) is 0 Å². The molecule has 1 aromatic carbocycles. The molecule has 0 saturated carbocycles. The molecule has 1 aliphatic rings. The van der Waals surface area contributed by atoms with Crippen LogP contribution in [-0.4, -0.2) is 36.4 Å². The van der Waals surface area contributed by atoms with Crippen LogP contribution in [0.2, 0.25) is 0 Å². The van der Waals surface area contributed by atoms with Crippen molar-refractivity contribution in [3.8, 4) is 0 Å². The molecule has 1 N–H and O–H groups in total. The van der Waals surface area contributed by atoms with Crippen LogP contribution in [0.3, 0.4) is 0 Å². The Hall–Kier alpha value is -0.920. The fourth-order valence-electron chi connectivity index (χ4n) is 2.69. The zero-order chi connectivity index (χ0) is 15.8. The number of rotatable bonds is 3. The summed E-state index contributed by atoms with van der Waals surface area (Å²) in [6.45, 7) is 3.85. The van der Waals surface area contributed by atoms with Crippen molar-refractivity contribution in [3.63, 3.8) is 0 Å². The molecule has 0 spiro atoms. The number of benzene rings is 1. The van der Waals surface area contributed by atoms with Gasteiger partial charge in [0.05, 0.1) is 10.8 Å². The number of carbonyl (C=O) groups is 1. The first kappa shape index (κ1) is 16.5. The molecule has 0 aromatic heterocycles. The maximum absolute atomic E-state index is 12.7. The highest BCUT2D eigenvalue weighted by molar-refractivity contribution is 9.10. The van der Waals surface area contributed by atoms with Crippen molar-refractivity contribution in [2.45, 2.75) is 37.6 Å². The molecule has 0 amide bonds. The Morgan fingerprint density at radius 3 is 2.67 bits per heavy atom. The second kappa shape index (κ2) is 6.06. The molecule has 2 rings (SSSR count). The van der Waals surface area contributed by atoms with Crippen molar-refractivity contribution in [3.05, 3.63) is 28.2 Å². The van der Waals surface area contributed by atoms with Gasteiger partial charge in [0, 0.05) is 17.1 Å². The largest absolute Gasteiger partial charge is 0.481 e. The first-order valence-electron chi connectivity index (χ1n) is 6.76. The predicted molar refractivity (Wildman–Crippen MR) is 82.6 cm³/mol. The highest BCUT2D eigenvalue weighted by Crippen LogP contribution is 2.30. The van der Waals surface area contributed by atoms with Gasteiger partial charge >= 0.3 is 5.97 Å². The van der Waals surface area contributed by atoms with E-state index in [0.717, 1.165) is 10.0 Å². The summed E-state index contributed by atoms with van der Waals surface area (Å²) < 4.78 is 27.7. The minimum absolute atomic E-state index is 0.209. The summed E-state index contributed by atoms with van der Waals surface area (Å²) in [6.07, 6.45) is 1.08. The summed E-state index contributed by atoms with van der Waals surface area (Å²) in [5, 5.41) is 9.22. The van der Waals surface area contributed by atoms with E-state index in [0.29, 0.717) is 19.4 Å². The quantitative estimate of drug-likeness (QED) is 0.880. The van der Waals surface area contributed by atoms with Gasteiger partial charge in [-0.2, -0.15) is 4.31 Å². The van der Waals surface area contributed by atoms with Gasteiger partial charge in [-0.1, -0.05) is 15.9 Å². The fraction of sp³-hybridized carbons (Fsp3) is 0.500. The molecule has 0 radical (unpaired) electrons. The van der Waals surface area contributed by atoms with E-state index in [1.54, 1.807) is 25.1 Å². The third-order valence-corrected chi connectivity index (χ3v) is 6.86. The second-order valence-electron chi connectivity index (χ2n) is 5.35. The molecular formula is C14H18BrNO4S. The van der Waals surface area contributed by atoms with Crippen LogP contribution in [0.4, 0.5) is 0 Å². The van der Waals surface area contributed by atoms with Gasteiger partial charge in [0.2, 0.25) is 10.0 Å². The van der Waals surface area contributed by atoms with E-state index >= 15 is 0 Å². The summed E-state index contributed by atoms with van der Waals surface area (Å²) in [5.41, 5.74) is 0.829. The van der Waals surface area contributed by atoms with E-state index in [-0.39, 0.29) is 4.90 Å². The number of hydrogen-bond donors (Lipinski definition) is 1. The molecule has 1 saturated heterocycles. The van der Waals surface area contributed by atoms with Gasteiger partial charge in [0.1, 0.15) is 0 Å². The lowest BCUT2D eigenvalue weighted by atomic mass is 9.92. The standard InChI is InChI=1S/C14H18BrNO4S/c1-9-8-11(5-6-13(9)15)21(19,20)16-7-3-4-12(10(16)2)14(17)18/h5-6,8,10,12H,3-4,7H2,1-2H3,(H,17,18)/t10-,12-/m1/s1. The number of sulfonamides is 1. The summed E-state index contributed by atoms with van der Waals surface area (Å²) in [5.74, 6) is -1.58. The van der Waals surface area contributed by atoms with E-state index in [1.165, 1.54) is 4.31 Å². The molecule has 1 aliphatic heterocycles. The normalized spacial score (nSPS) is 24.0. The number of hydrogen-bond acceptors (Lipinski definition) is 3. The summed E-state index contributed by atoms with van der Waals surface area (Å²) >= 11 is 3.35. The minimum atomic E-state index is -3.67. The first-order valence-corrected chi connectivity index (χ1v) is 8.99. The van der Waals surface area contributed by atoms with E-state index in [2.05, 4.69) is 15.9 Å². The molecule has 7 heteroatoms. The Bertz CT molecular complexity index is 659. The Labute approximate surface area is 133 Å². The van der Waals surface area contributed by atoms with Crippen molar-refractivity contribution in [2.75, 3.05) is 6.54 Å². The van der Waals surface area contributed by atoms with Gasteiger partial charge in [-0.05, 0) is 50.5 Å². The molecule has 5 nitrogen and oxygen atoms in total. The van der Waals surface area contributed by atoms with Crippen molar-refractivity contribution in [1.29, 1.82) is 0 Å². The van der Waals surface area contributed by atoms with E-state index < -0.39 is 28.0 Å². The third-order valence-electron chi connectivity index (χ3n) is 3.98. The highest BCUT2D eigenvalue weighted by Gasteiger charge is 2.39. The van der Waals surface area contributed by atoms with Gasteiger partial charge < -0.3 is 5.11 Å². The third kappa shape index (κ3) is 3.14. The van der Waals surface area contributed by atoms with Crippen LogP contribution in [0.25, 0.3) is 0 Å². The van der Waals surface area contributed by atoms with Crippen molar-refractivity contribution in [1.82, 2.24) is 4.31 Å². The number of nitrogens with zero attached hydrogens (tertiary/aromatic N) is 1. The topological polar surface area (TPSA) is 74.7 Å². The van der Waals surface area contributed by atoms with E-state index in [9.17, 15) is 18.3 Å². The number of carboxylic acids is 1. The monoisotopic (exact) mass is 375 g/mol. The van der Waals surface area contributed by atoms with Crippen LogP contribution < -0.4 is 0 Å². The summed E-state index contributed by atoms with van der Waals surface area (Å²) in [4.78, 5) is 11.5. The minimum Gasteiger partial charge on any atom is -0.481 e. The maximum atomic E-state index is 12.7. The lowest BCUT2D eigenvalue weighted by Gasteiger charge is -2.36. The maximum Gasteiger partial charge on any atom is 0.308 e. The molecule has 1 fully saturated rings. The van der Waals surface area contributed by atoms with Crippen molar-refractivity contribution < 1.29 is 18.3 Å². The number of halogens is 1. The average Bonchev–Trinajstić information content (AvgIpc) is 2.41. The van der Waals surface area contributed by atoms with Crippen LogP contribution >= 0.6 is 15.9 Å². The van der Waals surface area contributed by atoms with Crippen LogP contribution in [0.5, 0.6) is 0 Å². The molecule has 1 aromatic rings. The van der Waals surface area contributed by atoms with Crippen LogP contribution in [0, 0.1) is 12.8 Å². The Morgan fingerprint density at radius 2 is 2.10 bits per heavy atom. The number of carboxylic acid groups (broad SMARTS) is 1. The molecule has 1 heterocycles. The summed E-state index contributed by atoms with van der Waals surface area (Å²) in [7, 11) is -3.67. The predicted octanol–water partition coefficient (Wildman–Crippen LogP) is 2.63. The number of piperidine rings is 1. The second-order valence-corrected chi connectivity index (χ2v) is 8.10. The SMILES string of the molecule is Cc1cc(S(=O)(=O)N2CCC[C@@H](C(=O)O)[C@H]2C)ccc1Br. The lowest BCUT2D eigenvalue weighted by Crippen LogP contribution is -2.48. The van der Waals surface area contributed by atoms with E-state index in [1.807, 2.05) is 6.92 Å². The number of aryl methyl sites for hydroxylation is 1. The molecule has 21 heavy (non-hydrogen) atoms. The molecular weight excluding hydrogens is 358 g/mol. The van der Waals surface area contributed by atoms with E-state index in [4.69, 9.17) is 0 Å². The fourth-order valence-corrected chi connectivity index (χ4v) is 4.73. The molecule has 2 atom stereocenters. The van der Waals surface area contributed by atoms with Gasteiger partial charge in [-0.25, -0.2) is 8.42 Å². The van der Waals surface area contributed by atoms with Crippen molar-refractivity contribution in [2.24, 2.45) is 5.92 Å². The zero-order valence-electron chi connectivity index (χ0n) is 11.9. The molecule has 0 bridgehead atoms.